The Bertz CT molecular complexity index is 1180. The van der Waals surface area contributed by atoms with Gasteiger partial charge in [-0.3, -0.25) is 4.79 Å². The van der Waals surface area contributed by atoms with Gasteiger partial charge in [-0.1, -0.05) is 42.0 Å². The number of anilines is 1. The van der Waals surface area contributed by atoms with E-state index in [4.69, 9.17) is 0 Å². The fraction of sp³-hybridized carbons (Fsp3) is 0.174. The molecular formula is C23H21FN2O3S. The molecule has 3 aromatic rings. The van der Waals surface area contributed by atoms with Gasteiger partial charge in [0.05, 0.1) is 4.90 Å². The average molecular weight is 424 g/mol. The van der Waals surface area contributed by atoms with Crippen LogP contribution in [-0.4, -0.2) is 24.7 Å². The van der Waals surface area contributed by atoms with Gasteiger partial charge in [0.2, 0.25) is 15.9 Å². The topological polar surface area (TPSA) is 66.5 Å². The summed E-state index contributed by atoms with van der Waals surface area (Å²) in [5, 5.41) is 2.83. The van der Waals surface area contributed by atoms with Crippen molar-refractivity contribution in [1.82, 2.24) is 4.31 Å². The van der Waals surface area contributed by atoms with Crippen molar-refractivity contribution in [2.24, 2.45) is 0 Å². The molecule has 1 aliphatic rings. The summed E-state index contributed by atoms with van der Waals surface area (Å²) in [5.41, 5.74) is 3.44. The molecule has 0 unspecified atom stereocenters. The summed E-state index contributed by atoms with van der Waals surface area (Å²) in [6.07, 6.45) is 0.258. The molecule has 5 nitrogen and oxygen atoms in total. The van der Waals surface area contributed by atoms with Crippen molar-refractivity contribution in [3.63, 3.8) is 0 Å². The Labute approximate surface area is 175 Å². The van der Waals surface area contributed by atoms with E-state index < -0.39 is 27.8 Å². The van der Waals surface area contributed by atoms with Crippen LogP contribution in [0.5, 0.6) is 0 Å². The van der Waals surface area contributed by atoms with E-state index in [0.717, 1.165) is 28.8 Å². The number of hydrogen-bond donors (Lipinski definition) is 1. The van der Waals surface area contributed by atoms with Gasteiger partial charge in [0.1, 0.15) is 11.9 Å². The number of nitrogens with zero attached hydrogens (tertiary/aromatic N) is 1. The molecule has 1 amide bonds. The van der Waals surface area contributed by atoms with Gasteiger partial charge in [-0.25, -0.2) is 12.8 Å². The van der Waals surface area contributed by atoms with Gasteiger partial charge >= 0.3 is 0 Å². The molecule has 0 bridgehead atoms. The number of carbonyl (C=O) groups is 1. The number of hydrogen-bond acceptors (Lipinski definition) is 3. The van der Waals surface area contributed by atoms with Gasteiger partial charge in [0.25, 0.3) is 0 Å². The minimum atomic E-state index is -4.01. The first-order chi connectivity index (χ1) is 14.3. The Kier molecular flexibility index (Phi) is 5.40. The fourth-order valence-electron chi connectivity index (χ4n) is 3.58. The fourth-order valence-corrected chi connectivity index (χ4v) is 5.14. The van der Waals surface area contributed by atoms with Gasteiger partial charge < -0.3 is 5.32 Å². The minimum absolute atomic E-state index is 0.0450. The molecule has 0 fully saturated rings. The average Bonchev–Trinajstić information content (AvgIpc) is 2.74. The van der Waals surface area contributed by atoms with Gasteiger partial charge in [0.15, 0.2) is 0 Å². The zero-order valence-electron chi connectivity index (χ0n) is 16.4. The summed E-state index contributed by atoms with van der Waals surface area (Å²) in [7, 11) is -4.01. The summed E-state index contributed by atoms with van der Waals surface area (Å²) in [6, 6.07) is 18.5. The zero-order valence-corrected chi connectivity index (χ0v) is 17.2. The van der Waals surface area contributed by atoms with Crippen LogP contribution in [0.4, 0.5) is 10.1 Å². The van der Waals surface area contributed by atoms with Crippen molar-refractivity contribution < 1.29 is 17.6 Å². The van der Waals surface area contributed by atoms with E-state index in [1.807, 2.05) is 43.3 Å². The Morgan fingerprint density at radius 1 is 0.967 bits per heavy atom. The third-order valence-corrected chi connectivity index (χ3v) is 7.12. The number of rotatable bonds is 4. The van der Waals surface area contributed by atoms with E-state index in [9.17, 15) is 17.6 Å². The standard InChI is InChI=1S/C23H21FN2O3S/c1-16-6-10-20(11-7-16)25-23(27)22-14-17-4-2-3-5-18(17)15-26(22)30(28,29)21-12-8-19(24)9-13-21/h2-13,22H,14-15H2,1H3,(H,25,27)/t22-/m0/s1. The van der Waals surface area contributed by atoms with E-state index in [2.05, 4.69) is 5.32 Å². The lowest BCUT2D eigenvalue weighted by Crippen LogP contribution is -2.50. The summed E-state index contributed by atoms with van der Waals surface area (Å²) >= 11 is 0. The molecule has 0 aromatic heterocycles. The van der Waals surface area contributed by atoms with Crippen LogP contribution < -0.4 is 5.32 Å². The summed E-state index contributed by atoms with van der Waals surface area (Å²) < 4.78 is 41.2. The lowest BCUT2D eigenvalue weighted by Gasteiger charge is -2.35. The van der Waals surface area contributed by atoms with Crippen molar-refractivity contribution in [3.8, 4) is 0 Å². The quantitative estimate of drug-likeness (QED) is 0.691. The number of fused-ring (bicyclic) bond motifs is 1. The predicted octanol–water partition coefficient (Wildman–Crippen LogP) is 3.89. The van der Waals surface area contributed by atoms with Gasteiger partial charge in [-0.2, -0.15) is 4.31 Å². The first-order valence-corrected chi connectivity index (χ1v) is 11.0. The Morgan fingerprint density at radius 3 is 2.27 bits per heavy atom. The van der Waals surface area contributed by atoms with Gasteiger partial charge in [0, 0.05) is 12.2 Å². The van der Waals surface area contributed by atoms with Crippen LogP contribution in [0.1, 0.15) is 16.7 Å². The lowest BCUT2D eigenvalue weighted by atomic mass is 9.95. The first kappa shape index (κ1) is 20.3. The SMILES string of the molecule is Cc1ccc(NC(=O)[C@@H]2Cc3ccccc3CN2S(=O)(=O)c2ccc(F)cc2)cc1. The van der Waals surface area contributed by atoms with E-state index >= 15 is 0 Å². The molecule has 0 saturated carbocycles. The van der Waals surface area contributed by atoms with Crippen LogP contribution in [-0.2, 0) is 27.8 Å². The second kappa shape index (κ2) is 8.01. The molecule has 154 valence electrons. The molecule has 7 heteroatoms. The Morgan fingerprint density at radius 2 is 1.60 bits per heavy atom. The van der Waals surface area contributed by atoms with Crippen molar-refractivity contribution >= 4 is 21.6 Å². The molecule has 0 spiro atoms. The van der Waals surface area contributed by atoms with Crippen LogP contribution >= 0.6 is 0 Å². The number of benzene rings is 3. The van der Waals surface area contributed by atoms with Crippen molar-refractivity contribution in [2.45, 2.75) is 30.8 Å². The highest BCUT2D eigenvalue weighted by Gasteiger charge is 2.39. The third-order valence-electron chi connectivity index (χ3n) is 5.25. The number of sulfonamides is 1. The molecule has 4 rings (SSSR count). The van der Waals surface area contributed by atoms with E-state index in [-0.39, 0.29) is 17.9 Å². The van der Waals surface area contributed by atoms with E-state index in [0.29, 0.717) is 5.69 Å². The monoisotopic (exact) mass is 424 g/mol. The zero-order chi connectivity index (χ0) is 21.3. The maximum Gasteiger partial charge on any atom is 0.244 e. The first-order valence-electron chi connectivity index (χ1n) is 9.56. The summed E-state index contributed by atoms with van der Waals surface area (Å²) in [6.45, 7) is 2.02. The third kappa shape index (κ3) is 3.99. The molecule has 1 N–H and O–H groups in total. The normalized spacial score (nSPS) is 16.7. The lowest BCUT2D eigenvalue weighted by molar-refractivity contribution is -0.120. The number of nitrogens with one attached hydrogen (secondary N) is 1. The molecule has 0 aliphatic carbocycles. The number of carbonyl (C=O) groups excluding carboxylic acids is 1. The molecule has 0 radical (unpaired) electrons. The predicted molar refractivity (Wildman–Crippen MR) is 113 cm³/mol. The van der Waals surface area contributed by atoms with Crippen molar-refractivity contribution in [2.75, 3.05) is 5.32 Å². The summed E-state index contributed by atoms with van der Waals surface area (Å²) in [4.78, 5) is 13.1. The highest BCUT2D eigenvalue weighted by molar-refractivity contribution is 7.89. The minimum Gasteiger partial charge on any atom is -0.325 e. The highest BCUT2D eigenvalue weighted by atomic mass is 32.2. The molecule has 1 heterocycles. The van der Waals surface area contributed by atoms with E-state index in [1.54, 1.807) is 12.1 Å². The Balaban J connectivity index is 1.70. The maximum absolute atomic E-state index is 13.3. The summed E-state index contributed by atoms with van der Waals surface area (Å²) in [5.74, 6) is -0.925. The molecule has 3 aromatic carbocycles. The van der Waals surface area contributed by atoms with Gasteiger partial charge in [-0.05, 0) is 60.9 Å². The Hall–Kier alpha value is -3.03. The number of amides is 1. The van der Waals surface area contributed by atoms with Crippen LogP contribution in [0.2, 0.25) is 0 Å². The van der Waals surface area contributed by atoms with E-state index in [1.165, 1.54) is 16.4 Å². The molecule has 30 heavy (non-hydrogen) atoms. The maximum atomic E-state index is 13.3. The van der Waals surface area contributed by atoms with Crippen molar-refractivity contribution in [1.29, 1.82) is 0 Å². The number of halogens is 1. The van der Waals surface area contributed by atoms with Crippen molar-refractivity contribution in [3.05, 3.63) is 95.3 Å². The molecular weight excluding hydrogens is 403 g/mol. The smallest absolute Gasteiger partial charge is 0.244 e. The highest BCUT2D eigenvalue weighted by Crippen LogP contribution is 2.30. The van der Waals surface area contributed by atoms with Gasteiger partial charge in [-0.15, -0.1) is 0 Å². The largest absolute Gasteiger partial charge is 0.325 e. The van der Waals surface area contributed by atoms with Crippen LogP contribution in [0.25, 0.3) is 0 Å². The van der Waals surface area contributed by atoms with Crippen LogP contribution in [0, 0.1) is 12.7 Å². The van der Waals surface area contributed by atoms with Crippen LogP contribution in [0.15, 0.2) is 77.7 Å². The molecule has 1 atom stereocenters. The second-order valence-corrected chi connectivity index (χ2v) is 9.24. The molecule has 0 saturated heterocycles. The van der Waals surface area contributed by atoms with Crippen LogP contribution in [0.3, 0.4) is 0 Å². The molecule has 1 aliphatic heterocycles. The number of aryl methyl sites for hydroxylation is 1. The second-order valence-electron chi connectivity index (χ2n) is 7.35.